The molecule has 1 N–H and O–H groups in total. The Morgan fingerprint density at radius 3 is 2.21 bits per heavy atom. The highest BCUT2D eigenvalue weighted by atomic mass is 32.2. The highest BCUT2D eigenvalue weighted by Crippen LogP contribution is 2.12. The van der Waals surface area contributed by atoms with Gasteiger partial charge in [-0.05, 0) is 32.9 Å². The summed E-state index contributed by atoms with van der Waals surface area (Å²) in [6, 6.07) is 0.868. The fourth-order valence-electron chi connectivity index (χ4n) is 2.45. The minimum absolute atomic E-state index is 0.243. The average Bonchev–Trinajstić information content (AvgIpc) is 2.33. The predicted octanol–water partition coefficient (Wildman–Crippen LogP) is 1.91. The van der Waals surface area contributed by atoms with E-state index in [-0.39, 0.29) is 5.75 Å². The van der Waals surface area contributed by atoms with Crippen molar-refractivity contribution < 1.29 is 8.42 Å². The molecule has 0 aromatic carbocycles. The molecule has 0 spiro atoms. The Labute approximate surface area is 119 Å². The van der Waals surface area contributed by atoms with Gasteiger partial charge in [0.15, 0.2) is 0 Å². The molecule has 0 heterocycles. The van der Waals surface area contributed by atoms with Crippen molar-refractivity contribution in [2.45, 2.75) is 58.5 Å². The predicted molar refractivity (Wildman–Crippen MR) is 83.4 cm³/mol. The van der Waals surface area contributed by atoms with E-state index < -0.39 is 9.84 Å². The summed E-state index contributed by atoms with van der Waals surface area (Å²) in [5.74, 6) is 0.243. The molecule has 0 saturated carbocycles. The second-order valence-corrected chi connectivity index (χ2v) is 7.70. The van der Waals surface area contributed by atoms with Crippen LogP contribution in [0.2, 0.25) is 0 Å². The molecule has 2 atom stereocenters. The van der Waals surface area contributed by atoms with E-state index in [1.165, 1.54) is 6.26 Å². The smallest absolute Gasteiger partial charge is 0.148 e. The monoisotopic (exact) mass is 292 g/mol. The number of likely N-dealkylation sites (N-methyl/N-ethyl adjacent to an activating group) is 1. The van der Waals surface area contributed by atoms with Gasteiger partial charge in [-0.15, -0.1) is 0 Å². The Bertz CT molecular complexity index is 317. The first kappa shape index (κ1) is 18.9. The normalized spacial score (nSPS) is 15.7. The molecule has 0 aliphatic carbocycles. The van der Waals surface area contributed by atoms with E-state index in [4.69, 9.17) is 0 Å². The Hall–Kier alpha value is -0.130. The number of hydrogen-bond acceptors (Lipinski definition) is 4. The van der Waals surface area contributed by atoms with Crippen LogP contribution in [-0.4, -0.2) is 57.5 Å². The lowest BCUT2D eigenvalue weighted by Crippen LogP contribution is -2.49. The second-order valence-electron chi connectivity index (χ2n) is 5.44. The van der Waals surface area contributed by atoms with Crippen molar-refractivity contribution in [3.63, 3.8) is 0 Å². The summed E-state index contributed by atoms with van der Waals surface area (Å²) >= 11 is 0. The summed E-state index contributed by atoms with van der Waals surface area (Å²) in [7, 11) is -0.841. The van der Waals surface area contributed by atoms with Crippen molar-refractivity contribution in [1.29, 1.82) is 0 Å². The van der Waals surface area contributed by atoms with E-state index >= 15 is 0 Å². The molecule has 0 aromatic heterocycles. The summed E-state index contributed by atoms with van der Waals surface area (Å²) in [6.45, 7) is 8.19. The standard InChI is InChI=1S/C14H32N2O2S/c1-6-9-13(15-10-7-2)14(8-3)16(4)11-12-19(5,17)18/h13-15H,6-12H2,1-5H3. The van der Waals surface area contributed by atoms with Crippen LogP contribution in [0.3, 0.4) is 0 Å². The molecule has 0 amide bonds. The number of nitrogens with zero attached hydrogens (tertiary/aromatic N) is 1. The Morgan fingerprint density at radius 1 is 1.16 bits per heavy atom. The highest BCUT2D eigenvalue weighted by Gasteiger charge is 2.23. The zero-order valence-corrected chi connectivity index (χ0v) is 14.1. The number of nitrogens with one attached hydrogen (secondary N) is 1. The zero-order chi connectivity index (χ0) is 14.9. The maximum atomic E-state index is 11.3. The van der Waals surface area contributed by atoms with E-state index in [9.17, 15) is 8.42 Å². The van der Waals surface area contributed by atoms with Crippen LogP contribution < -0.4 is 5.32 Å². The summed E-state index contributed by atoms with van der Waals surface area (Å²) in [4.78, 5) is 2.20. The van der Waals surface area contributed by atoms with Gasteiger partial charge in [-0.3, -0.25) is 0 Å². The lowest BCUT2D eigenvalue weighted by atomic mass is 9.99. The third-order valence-corrected chi connectivity index (χ3v) is 4.44. The van der Waals surface area contributed by atoms with Gasteiger partial charge in [0.25, 0.3) is 0 Å². The average molecular weight is 292 g/mol. The first-order valence-electron chi connectivity index (χ1n) is 7.47. The van der Waals surface area contributed by atoms with Crippen LogP contribution in [0.4, 0.5) is 0 Å². The van der Waals surface area contributed by atoms with E-state index in [1.54, 1.807) is 0 Å². The maximum Gasteiger partial charge on any atom is 0.148 e. The Balaban J connectivity index is 4.53. The molecule has 0 saturated heterocycles. The van der Waals surface area contributed by atoms with Crippen LogP contribution in [0.5, 0.6) is 0 Å². The van der Waals surface area contributed by atoms with Crippen molar-refractivity contribution in [1.82, 2.24) is 10.2 Å². The SMILES string of the molecule is CCCNC(CCC)C(CC)N(C)CCS(C)(=O)=O. The minimum Gasteiger partial charge on any atom is -0.312 e. The molecule has 0 radical (unpaired) electrons. The van der Waals surface area contributed by atoms with Gasteiger partial charge < -0.3 is 10.2 Å². The fraction of sp³-hybridized carbons (Fsp3) is 1.00. The molecule has 116 valence electrons. The van der Waals surface area contributed by atoms with Crippen molar-refractivity contribution in [2.75, 3.05) is 32.1 Å². The summed E-state index contributed by atoms with van der Waals surface area (Å²) in [5, 5.41) is 3.61. The Kier molecular flexibility index (Phi) is 9.66. The van der Waals surface area contributed by atoms with Crippen molar-refractivity contribution in [3.05, 3.63) is 0 Å². The zero-order valence-electron chi connectivity index (χ0n) is 13.3. The molecule has 0 aliphatic rings. The van der Waals surface area contributed by atoms with Gasteiger partial charge in [0, 0.05) is 24.9 Å². The minimum atomic E-state index is -2.88. The van der Waals surface area contributed by atoms with E-state index in [1.807, 2.05) is 7.05 Å². The van der Waals surface area contributed by atoms with Gasteiger partial charge in [-0.2, -0.15) is 0 Å². The van der Waals surface area contributed by atoms with Gasteiger partial charge >= 0.3 is 0 Å². The van der Waals surface area contributed by atoms with Gasteiger partial charge in [-0.25, -0.2) is 8.42 Å². The largest absolute Gasteiger partial charge is 0.312 e. The van der Waals surface area contributed by atoms with E-state index in [2.05, 4.69) is 31.0 Å². The third-order valence-electron chi connectivity index (χ3n) is 3.52. The van der Waals surface area contributed by atoms with Crippen LogP contribution in [0.1, 0.15) is 46.5 Å². The molecule has 0 aromatic rings. The number of sulfone groups is 1. The summed E-state index contributed by atoms with van der Waals surface area (Å²) in [5.41, 5.74) is 0. The van der Waals surface area contributed by atoms with Gasteiger partial charge in [-0.1, -0.05) is 27.2 Å². The summed E-state index contributed by atoms with van der Waals surface area (Å²) < 4.78 is 22.5. The van der Waals surface area contributed by atoms with Crippen LogP contribution in [0.25, 0.3) is 0 Å². The molecule has 0 fully saturated rings. The second kappa shape index (κ2) is 9.72. The van der Waals surface area contributed by atoms with Gasteiger partial charge in [0.2, 0.25) is 0 Å². The van der Waals surface area contributed by atoms with Gasteiger partial charge in [0.05, 0.1) is 5.75 Å². The molecule has 0 bridgehead atoms. The molecule has 5 heteroatoms. The Morgan fingerprint density at radius 2 is 1.79 bits per heavy atom. The van der Waals surface area contributed by atoms with Crippen molar-refractivity contribution in [3.8, 4) is 0 Å². The quantitative estimate of drug-likeness (QED) is 0.632. The lowest BCUT2D eigenvalue weighted by Gasteiger charge is -2.34. The first-order valence-corrected chi connectivity index (χ1v) is 9.53. The van der Waals surface area contributed by atoms with Crippen LogP contribution in [0.15, 0.2) is 0 Å². The third kappa shape index (κ3) is 8.60. The molecule has 19 heavy (non-hydrogen) atoms. The molecular formula is C14H32N2O2S. The molecular weight excluding hydrogens is 260 g/mol. The van der Waals surface area contributed by atoms with Crippen molar-refractivity contribution >= 4 is 9.84 Å². The van der Waals surface area contributed by atoms with Gasteiger partial charge in [0.1, 0.15) is 9.84 Å². The first-order chi connectivity index (χ1) is 8.85. The number of hydrogen-bond donors (Lipinski definition) is 1. The van der Waals surface area contributed by atoms with Crippen molar-refractivity contribution in [2.24, 2.45) is 0 Å². The number of rotatable bonds is 11. The molecule has 0 rings (SSSR count). The fourth-order valence-corrected chi connectivity index (χ4v) is 3.07. The summed E-state index contributed by atoms with van der Waals surface area (Å²) in [6.07, 6.45) is 5.77. The van der Waals surface area contributed by atoms with Crippen LogP contribution >= 0.6 is 0 Å². The molecule has 0 aliphatic heterocycles. The maximum absolute atomic E-state index is 11.3. The van der Waals surface area contributed by atoms with Crippen LogP contribution in [-0.2, 0) is 9.84 Å². The van der Waals surface area contributed by atoms with E-state index in [0.29, 0.717) is 18.6 Å². The van der Waals surface area contributed by atoms with E-state index in [0.717, 1.165) is 32.2 Å². The highest BCUT2D eigenvalue weighted by molar-refractivity contribution is 7.90. The lowest BCUT2D eigenvalue weighted by molar-refractivity contribution is 0.187. The van der Waals surface area contributed by atoms with Crippen LogP contribution in [0, 0.1) is 0 Å². The molecule has 2 unspecified atom stereocenters. The topological polar surface area (TPSA) is 49.4 Å². The molecule has 4 nitrogen and oxygen atoms in total.